The third kappa shape index (κ3) is 7.73. The molecule has 0 saturated carbocycles. The Balaban J connectivity index is 3.79. The number of methoxy groups -OCH3 is 1. The van der Waals surface area contributed by atoms with Crippen LogP contribution in [0.15, 0.2) is 0 Å². The first-order chi connectivity index (χ1) is 6.91. The van der Waals surface area contributed by atoms with Crippen LogP contribution in [0.2, 0.25) is 0 Å². The maximum Gasteiger partial charge on any atom is 0.0636 e. The predicted molar refractivity (Wildman–Crippen MR) is 62.5 cm³/mol. The van der Waals surface area contributed by atoms with Crippen LogP contribution in [0, 0.1) is 0 Å². The lowest BCUT2D eigenvalue weighted by Gasteiger charge is -2.26. The quantitative estimate of drug-likeness (QED) is 0.478. The number of rotatable bonds is 8. The van der Waals surface area contributed by atoms with Gasteiger partial charge < -0.3 is 9.47 Å². The number of hydrogen-bond donors (Lipinski definition) is 2. The van der Waals surface area contributed by atoms with Crippen LogP contribution in [0.1, 0.15) is 40.5 Å². The number of hydrogen-bond acceptors (Lipinski definition) is 4. The summed E-state index contributed by atoms with van der Waals surface area (Å²) in [7, 11) is 1.73. The van der Waals surface area contributed by atoms with Gasteiger partial charge >= 0.3 is 0 Å². The van der Waals surface area contributed by atoms with Crippen molar-refractivity contribution in [2.45, 2.75) is 58.3 Å². The molecule has 3 N–H and O–H groups in total. The molecule has 0 aromatic rings. The molecule has 4 nitrogen and oxygen atoms in total. The van der Waals surface area contributed by atoms with Crippen LogP contribution in [0.3, 0.4) is 0 Å². The molecule has 0 aromatic heterocycles. The SMILES string of the molecule is COC(C)(C)CCC(COC(C)C)NN. The van der Waals surface area contributed by atoms with Crippen molar-refractivity contribution in [2.75, 3.05) is 13.7 Å². The average Bonchev–Trinajstić information content (AvgIpc) is 2.18. The van der Waals surface area contributed by atoms with Gasteiger partial charge in [-0.25, -0.2) is 0 Å². The Morgan fingerprint density at radius 1 is 1.33 bits per heavy atom. The van der Waals surface area contributed by atoms with E-state index in [9.17, 15) is 0 Å². The Morgan fingerprint density at radius 2 is 1.93 bits per heavy atom. The number of nitrogens with one attached hydrogen (secondary N) is 1. The Labute approximate surface area is 93.5 Å². The summed E-state index contributed by atoms with van der Waals surface area (Å²) in [5.74, 6) is 5.46. The van der Waals surface area contributed by atoms with Gasteiger partial charge in [0.15, 0.2) is 0 Å². The van der Waals surface area contributed by atoms with E-state index in [2.05, 4.69) is 19.3 Å². The van der Waals surface area contributed by atoms with E-state index in [1.165, 1.54) is 0 Å². The molecule has 0 radical (unpaired) electrons. The van der Waals surface area contributed by atoms with Crippen LogP contribution in [-0.4, -0.2) is 31.5 Å². The van der Waals surface area contributed by atoms with E-state index in [1.807, 2.05) is 13.8 Å². The topological polar surface area (TPSA) is 56.5 Å². The molecule has 0 fully saturated rings. The van der Waals surface area contributed by atoms with Gasteiger partial charge in [-0.2, -0.15) is 0 Å². The molecule has 0 aromatic carbocycles. The molecule has 0 amide bonds. The molecule has 4 heteroatoms. The largest absolute Gasteiger partial charge is 0.379 e. The summed E-state index contributed by atoms with van der Waals surface area (Å²) in [4.78, 5) is 0. The van der Waals surface area contributed by atoms with E-state index < -0.39 is 0 Å². The summed E-state index contributed by atoms with van der Waals surface area (Å²) in [6.07, 6.45) is 2.15. The molecular formula is C11H26N2O2. The van der Waals surface area contributed by atoms with Gasteiger partial charge in [0.05, 0.1) is 18.3 Å². The molecule has 0 bridgehead atoms. The third-order valence-electron chi connectivity index (χ3n) is 2.51. The smallest absolute Gasteiger partial charge is 0.0636 e. The van der Waals surface area contributed by atoms with E-state index in [4.69, 9.17) is 15.3 Å². The first-order valence-electron chi connectivity index (χ1n) is 5.54. The van der Waals surface area contributed by atoms with Gasteiger partial charge in [-0.15, -0.1) is 0 Å². The van der Waals surface area contributed by atoms with Crippen LogP contribution < -0.4 is 11.3 Å². The first kappa shape index (κ1) is 14.8. The molecule has 0 aliphatic heterocycles. The van der Waals surface area contributed by atoms with Crippen molar-refractivity contribution in [3.05, 3.63) is 0 Å². The molecule has 1 unspecified atom stereocenters. The minimum Gasteiger partial charge on any atom is -0.379 e. The molecule has 0 saturated heterocycles. The summed E-state index contributed by atoms with van der Waals surface area (Å²) >= 11 is 0. The summed E-state index contributed by atoms with van der Waals surface area (Å²) in [5.41, 5.74) is 2.68. The highest BCUT2D eigenvalue weighted by Crippen LogP contribution is 2.16. The molecule has 0 rings (SSSR count). The van der Waals surface area contributed by atoms with Crippen molar-refractivity contribution in [3.63, 3.8) is 0 Å². The average molecular weight is 218 g/mol. The highest BCUT2D eigenvalue weighted by atomic mass is 16.5. The predicted octanol–water partition coefficient (Wildman–Crippen LogP) is 1.45. The van der Waals surface area contributed by atoms with Crippen LogP contribution in [0.25, 0.3) is 0 Å². The zero-order chi connectivity index (χ0) is 11.9. The summed E-state index contributed by atoms with van der Waals surface area (Å²) in [5, 5.41) is 0. The Kier molecular flexibility index (Phi) is 7.09. The van der Waals surface area contributed by atoms with Crippen LogP contribution >= 0.6 is 0 Å². The van der Waals surface area contributed by atoms with Gasteiger partial charge in [0.1, 0.15) is 0 Å². The second-order valence-corrected chi connectivity index (χ2v) is 4.75. The molecule has 0 aliphatic rings. The monoisotopic (exact) mass is 218 g/mol. The molecule has 0 heterocycles. The highest BCUT2D eigenvalue weighted by molar-refractivity contribution is 4.73. The first-order valence-corrected chi connectivity index (χ1v) is 5.54. The fraction of sp³-hybridized carbons (Fsp3) is 1.00. The van der Waals surface area contributed by atoms with Gasteiger partial charge in [0.25, 0.3) is 0 Å². The maximum atomic E-state index is 5.51. The Hall–Kier alpha value is -0.160. The van der Waals surface area contributed by atoms with E-state index in [1.54, 1.807) is 7.11 Å². The fourth-order valence-corrected chi connectivity index (χ4v) is 1.15. The van der Waals surface area contributed by atoms with Crippen LogP contribution in [0.4, 0.5) is 0 Å². The van der Waals surface area contributed by atoms with Crippen molar-refractivity contribution in [2.24, 2.45) is 5.84 Å². The number of hydrazine groups is 1. The molecule has 1 atom stereocenters. The van der Waals surface area contributed by atoms with Gasteiger partial charge in [-0.05, 0) is 40.5 Å². The van der Waals surface area contributed by atoms with Gasteiger partial charge in [-0.1, -0.05) is 0 Å². The standard InChI is InChI=1S/C11H26N2O2/c1-9(2)15-8-10(13-12)6-7-11(3,4)14-5/h9-10,13H,6-8,12H2,1-5H3. The summed E-state index contributed by atoms with van der Waals surface area (Å²) < 4.78 is 10.9. The lowest BCUT2D eigenvalue weighted by atomic mass is 9.99. The third-order valence-corrected chi connectivity index (χ3v) is 2.51. The molecular weight excluding hydrogens is 192 g/mol. The van der Waals surface area contributed by atoms with Gasteiger partial charge in [-0.3, -0.25) is 11.3 Å². The zero-order valence-electron chi connectivity index (χ0n) is 10.7. The fourth-order valence-electron chi connectivity index (χ4n) is 1.15. The zero-order valence-corrected chi connectivity index (χ0v) is 10.7. The van der Waals surface area contributed by atoms with E-state index in [-0.39, 0.29) is 17.7 Å². The number of ether oxygens (including phenoxy) is 2. The van der Waals surface area contributed by atoms with Crippen LogP contribution in [0.5, 0.6) is 0 Å². The molecule has 0 aliphatic carbocycles. The van der Waals surface area contributed by atoms with Crippen molar-refractivity contribution >= 4 is 0 Å². The summed E-state index contributed by atoms with van der Waals surface area (Å²) in [6, 6.07) is 0.196. The second kappa shape index (κ2) is 7.17. The second-order valence-electron chi connectivity index (χ2n) is 4.75. The van der Waals surface area contributed by atoms with Crippen molar-refractivity contribution in [1.82, 2.24) is 5.43 Å². The van der Waals surface area contributed by atoms with Gasteiger partial charge in [0, 0.05) is 13.2 Å². The Bertz CT molecular complexity index is 161. The van der Waals surface area contributed by atoms with Crippen LogP contribution in [-0.2, 0) is 9.47 Å². The minimum absolute atomic E-state index is 0.0903. The normalized spacial score (nSPS) is 14.6. The molecule has 15 heavy (non-hydrogen) atoms. The lowest BCUT2D eigenvalue weighted by Crippen LogP contribution is -2.40. The highest BCUT2D eigenvalue weighted by Gasteiger charge is 2.18. The lowest BCUT2D eigenvalue weighted by molar-refractivity contribution is 0.00504. The maximum absolute atomic E-state index is 5.51. The van der Waals surface area contributed by atoms with E-state index >= 15 is 0 Å². The summed E-state index contributed by atoms with van der Waals surface area (Å²) in [6.45, 7) is 8.83. The van der Waals surface area contributed by atoms with Crippen molar-refractivity contribution < 1.29 is 9.47 Å². The van der Waals surface area contributed by atoms with E-state index in [0.29, 0.717) is 6.61 Å². The van der Waals surface area contributed by atoms with Crippen molar-refractivity contribution in [3.8, 4) is 0 Å². The number of nitrogens with two attached hydrogens (primary N) is 1. The van der Waals surface area contributed by atoms with E-state index in [0.717, 1.165) is 12.8 Å². The van der Waals surface area contributed by atoms with Gasteiger partial charge in [0.2, 0.25) is 0 Å². The molecule has 92 valence electrons. The van der Waals surface area contributed by atoms with Crippen molar-refractivity contribution in [1.29, 1.82) is 0 Å². The molecule has 0 spiro atoms. The Morgan fingerprint density at radius 3 is 2.33 bits per heavy atom. The minimum atomic E-state index is -0.0903.